The molecular weight excluding hydrogens is 276 g/mol. The lowest BCUT2D eigenvalue weighted by Gasteiger charge is -2.32. The third kappa shape index (κ3) is 2.41. The van der Waals surface area contributed by atoms with Crippen molar-refractivity contribution in [2.24, 2.45) is 11.7 Å². The molecule has 104 valence electrons. The van der Waals surface area contributed by atoms with Crippen molar-refractivity contribution in [2.45, 2.75) is 12.8 Å². The van der Waals surface area contributed by atoms with Crippen molar-refractivity contribution in [3.8, 4) is 0 Å². The second-order valence-electron chi connectivity index (χ2n) is 5.05. The summed E-state index contributed by atoms with van der Waals surface area (Å²) in [6.07, 6.45) is 3.31. The number of aromatic nitrogens is 2. The van der Waals surface area contributed by atoms with Crippen molar-refractivity contribution in [1.29, 1.82) is 0 Å². The second-order valence-corrected chi connectivity index (χ2v) is 5.48. The van der Waals surface area contributed by atoms with Gasteiger partial charge in [0.1, 0.15) is 12.1 Å². The van der Waals surface area contributed by atoms with Gasteiger partial charge < -0.3 is 10.6 Å². The fraction of sp³-hybridized carbons (Fsp3) is 0.357. The number of anilines is 1. The van der Waals surface area contributed by atoms with Crippen LogP contribution in [0.1, 0.15) is 12.8 Å². The Hall–Kier alpha value is -1.88. The van der Waals surface area contributed by atoms with E-state index in [9.17, 15) is 4.79 Å². The van der Waals surface area contributed by atoms with E-state index in [1.54, 1.807) is 0 Å². The molecule has 3 rings (SSSR count). The monoisotopic (exact) mass is 290 g/mol. The minimum absolute atomic E-state index is 0.110. The molecule has 1 aromatic heterocycles. The number of fused-ring (bicyclic) bond motifs is 1. The number of amides is 1. The number of carbonyl (C=O) groups excluding carboxylic acids is 1. The van der Waals surface area contributed by atoms with E-state index in [0.717, 1.165) is 36.1 Å². The van der Waals surface area contributed by atoms with E-state index in [-0.39, 0.29) is 11.8 Å². The van der Waals surface area contributed by atoms with Gasteiger partial charge in [-0.2, -0.15) is 0 Å². The standard InChI is InChI=1S/C14H15ClN4O/c15-10-3-4-11-12(6-10)17-8-18-14(11)19-5-1-2-9(7-19)13(16)20/h3-4,6,8-9H,1-2,5,7H2,(H2,16,20). The fourth-order valence-electron chi connectivity index (χ4n) is 2.67. The van der Waals surface area contributed by atoms with Crippen LogP contribution in [-0.2, 0) is 4.79 Å². The van der Waals surface area contributed by atoms with E-state index in [1.807, 2.05) is 18.2 Å². The van der Waals surface area contributed by atoms with Gasteiger partial charge in [-0.15, -0.1) is 0 Å². The number of hydrogen-bond donors (Lipinski definition) is 1. The van der Waals surface area contributed by atoms with Gasteiger partial charge in [-0.1, -0.05) is 11.6 Å². The molecule has 0 radical (unpaired) electrons. The van der Waals surface area contributed by atoms with Crippen molar-refractivity contribution in [2.75, 3.05) is 18.0 Å². The Morgan fingerprint density at radius 2 is 2.25 bits per heavy atom. The minimum Gasteiger partial charge on any atom is -0.369 e. The predicted octanol–water partition coefficient (Wildman–Crippen LogP) is 1.98. The molecule has 1 aliphatic heterocycles. The molecule has 1 unspecified atom stereocenters. The van der Waals surface area contributed by atoms with E-state index in [0.29, 0.717) is 11.6 Å². The van der Waals surface area contributed by atoms with Crippen molar-refractivity contribution >= 4 is 34.2 Å². The summed E-state index contributed by atoms with van der Waals surface area (Å²) < 4.78 is 0. The topological polar surface area (TPSA) is 72.1 Å². The minimum atomic E-state index is -0.240. The Labute approximate surface area is 121 Å². The maximum absolute atomic E-state index is 11.4. The maximum atomic E-state index is 11.4. The molecule has 0 saturated carbocycles. The molecule has 2 heterocycles. The Balaban J connectivity index is 1.99. The largest absolute Gasteiger partial charge is 0.369 e. The smallest absolute Gasteiger partial charge is 0.222 e. The van der Waals surface area contributed by atoms with Gasteiger partial charge in [0.05, 0.1) is 11.4 Å². The predicted molar refractivity (Wildman–Crippen MR) is 78.7 cm³/mol. The molecule has 5 nitrogen and oxygen atoms in total. The molecule has 1 atom stereocenters. The number of primary amides is 1. The third-order valence-electron chi connectivity index (χ3n) is 3.70. The average Bonchev–Trinajstić information content (AvgIpc) is 2.46. The van der Waals surface area contributed by atoms with Gasteiger partial charge in [-0.25, -0.2) is 9.97 Å². The van der Waals surface area contributed by atoms with E-state index in [1.165, 1.54) is 6.33 Å². The van der Waals surface area contributed by atoms with Crippen LogP contribution in [0.4, 0.5) is 5.82 Å². The molecule has 1 aromatic carbocycles. The van der Waals surface area contributed by atoms with Gasteiger partial charge in [-0.3, -0.25) is 4.79 Å². The van der Waals surface area contributed by atoms with Gasteiger partial charge in [-0.05, 0) is 31.0 Å². The quantitative estimate of drug-likeness (QED) is 0.918. The number of rotatable bonds is 2. The van der Waals surface area contributed by atoms with E-state index < -0.39 is 0 Å². The van der Waals surface area contributed by atoms with Gasteiger partial charge in [0.25, 0.3) is 0 Å². The van der Waals surface area contributed by atoms with Crippen LogP contribution in [0.5, 0.6) is 0 Å². The molecule has 1 fully saturated rings. The molecule has 1 saturated heterocycles. The normalized spacial score (nSPS) is 19.2. The van der Waals surface area contributed by atoms with Crippen molar-refractivity contribution < 1.29 is 4.79 Å². The summed E-state index contributed by atoms with van der Waals surface area (Å²) in [6.45, 7) is 1.49. The summed E-state index contributed by atoms with van der Waals surface area (Å²) >= 11 is 5.99. The van der Waals surface area contributed by atoms with Gasteiger partial charge in [0.2, 0.25) is 5.91 Å². The molecular formula is C14H15ClN4O. The molecule has 1 aliphatic rings. The highest BCUT2D eigenvalue weighted by Crippen LogP contribution is 2.28. The molecule has 2 aromatic rings. The lowest BCUT2D eigenvalue weighted by molar-refractivity contribution is -0.122. The first kappa shape index (κ1) is 13.1. The lowest BCUT2D eigenvalue weighted by atomic mass is 9.97. The van der Waals surface area contributed by atoms with Crippen molar-refractivity contribution in [3.05, 3.63) is 29.5 Å². The van der Waals surface area contributed by atoms with Crippen LogP contribution in [0.2, 0.25) is 5.02 Å². The SMILES string of the molecule is NC(=O)C1CCCN(c2ncnc3cc(Cl)ccc23)C1. The Kier molecular flexibility index (Phi) is 3.44. The van der Waals surface area contributed by atoms with Crippen molar-refractivity contribution in [1.82, 2.24) is 9.97 Å². The summed E-state index contributed by atoms with van der Waals surface area (Å²) in [7, 11) is 0. The van der Waals surface area contributed by atoms with Crippen LogP contribution >= 0.6 is 11.6 Å². The zero-order valence-corrected chi connectivity index (χ0v) is 11.7. The van der Waals surface area contributed by atoms with Crippen LogP contribution < -0.4 is 10.6 Å². The number of nitrogens with two attached hydrogens (primary N) is 1. The van der Waals surface area contributed by atoms with Crippen LogP contribution in [0, 0.1) is 5.92 Å². The summed E-state index contributed by atoms with van der Waals surface area (Å²) in [5, 5.41) is 1.60. The van der Waals surface area contributed by atoms with Gasteiger partial charge in [0.15, 0.2) is 0 Å². The lowest BCUT2D eigenvalue weighted by Crippen LogP contribution is -2.41. The van der Waals surface area contributed by atoms with Gasteiger partial charge in [0, 0.05) is 23.5 Å². The second kappa shape index (κ2) is 5.25. The zero-order chi connectivity index (χ0) is 14.1. The van der Waals surface area contributed by atoms with Crippen LogP contribution in [0.3, 0.4) is 0 Å². The number of hydrogen-bond acceptors (Lipinski definition) is 4. The summed E-state index contributed by atoms with van der Waals surface area (Å²) in [6, 6.07) is 5.56. The first-order valence-corrected chi connectivity index (χ1v) is 6.97. The number of carbonyl (C=O) groups is 1. The fourth-order valence-corrected chi connectivity index (χ4v) is 2.84. The summed E-state index contributed by atoms with van der Waals surface area (Å²) in [5.74, 6) is 0.495. The highest BCUT2D eigenvalue weighted by atomic mass is 35.5. The van der Waals surface area contributed by atoms with E-state index in [2.05, 4.69) is 14.9 Å². The highest BCUT2D eigenvalue weighted by Gasteiger charge is 2.25. The van der Waals surface area contributed by atoms with Gasteiger partial charge >= 0.3 is 0 Å². The van der Waals surface area contributed by atoms with E-state index in [4.69, 9.17) is 17.3 Å². The average molecular weight is 291 g/mol. The highest BCUT2D eigenvalue weighted by molar-refractivity contribution is 6.31. The molecule has 0 bridgehead atoms. The Morgan fingerprint density at radius 3 is 3.05 bits per heavy atom. The molecule has 2 N–H and O–H groups in total. The molecule has 0 aliphatic carbocycles. The van der Waals surface area contributed by atoms with Crippen LogP contribution in [0.15, 0.2) is 24.5 Å². The van der Waals surface area contributed by atoms with Crippen molar-refractivity contribution in [3.63, 3.8) is 0 Å². The van der Waals surface area contributed by atoms with Crippen LogP contribution in [-0.4, -0.2) is 29.0 Å². The first-order valence-electron chi connectivity index (χ1n) is 6.59. The Bertz CT molecular complexity index is 661. The zero-order valence-electron chi connectivity index (χ0n) is 10.9. The maximum Gasteiger partial charge on any atom is 0.222 e. The molecule has 1 amide bonds. The molecule has 6 heteroatoms. The number of nitrogens with zero attached hydrogens (tertiary/aromatic N) is 3. The first-order chi connectivity index (χ1) is 9.65. The summed E-state index contributed by atoms with van der Waals surface area (Å²) in [5.41, 5.74) is 6.23. The summed E-state index contributed by atoms with van der Waals surface area (Å²) in [4.78, 5) is 22.1. The third-order valence-corrected chi connectivity index (χ3v) is 3.94. The number of piperidine rings is 1. The number of benzene rings is 1. The molecule has 0 spiro atoms. The van der Waals surface area contributed by atoms with E-state index >= 15 is 0 Å². The number of halogens is 1. The van der Waals surface area contributed by atoms with Crippen LogP contribution in [0.25, 0.3) is 10.9 Å². The Morgan fingerprint density at radius 1 is 1.40 bits per heavy atom. The molecule has 20 heavy (non-hydrogen) atoms.